The highest BCUT2D eigenvalue weighted by atomic mass is 16.5. The summed E-state index contributed by atoms with van der Waals surface area (Å²) in [5.41, 5.74) is 2.49. The van der Waals surface area contributed by atoms with E-state index in [0.29, 0.717) is 31.9 Å². The molecular formula is C15H22N2O3. The van der Waals surface area contributed by atoms with Crippen LogP contribution in [0.1, 0.15) is 18.1 Å². The molecule has 0 saturated heterocycles. The quantitative estimate of drug-likeness (QED) is 0.672. The molecule has 0 aliphatic heterocycles. The zero-order valence-electron chi connectivity index (χ0n) is 12.1. The lowest BCUT2D eigenvalue weighted by molar-refractivity contribution is 0.0103. The van der Waals surface area contributed by atoms with E-state index in [1.54, 1.807) is 12.1 Å². The third-order valence-electron chi connectivity index (χ3n) is 2.78. The molecule has 1 unspecified atom stereocenters. The summed E-state index contributed by atoms with van der Waals surface area (Å²) in [4.78, 5) is 0. The number of anilines is 1. The number of aliphatic hydroxyl groups excluding tert-OH is 1. The monoisotopic (exact) mass is 278 g/mol. The molecule has 0 heterocycles. The molecule has 5 heteroatoms. The van der Waals surface area contributed by atoms with Gasteiger partial charge in [0.05, 0.1) is 37.6 Å². The van der Waals surface area contributed by atoms with Crippen molar-refractivity contribution in [2.45, 2.75) is 20.0 Å². The number of aryl methyl sites for hydroxylation is 1. The van der Waals surface area contributed by atoms with Gasteiger partial charge in [-0.05, 0) is 31.5 Å². The van der Waals surface area contributed by atoms with Gasteiger partial charge in [-0.1, -0.05) is 6.07 Å². The Morgan fingerprint density at radius 3 is 2.80 bits per heavy atom. The second-order valence-corrected chi connectivity index (χ2v) is 4.45. The van der Waals surface area contributed by atoms with Gasteiger partial charge in [-0.2, -0.15) is 5.26 Å². The summed E-state index contributed by atoms with van der Waals surface area (Å²) in [5.74, 6) is 0. The van der Waals surface area contributed by atoms with Gasteiger partial charge in [-0.3, -0.25) is 0 Å². The van der Waals surface area contributed by atoms with Crippen molar-refractivity contribution in [1.82, 2.24) is 0 Å². The van der Waals surface area contributed by atoms with Crippen LogP contribution in [0.2, 0.25) is 0 Å². The Balaban J connectivity index is 2.30. The van der Waals surface area contributed by atoms with E-state index in [0.717, 1.165) is 11.3 Å². The van der Waals surface area contributed by atoms with Crippen LogP contribution in [0.3, 0.4) is 0 Å². The maximum Gasteiger partial charge on any atom is 0.0992 e. The Kier molecular flexibility index (Phi) is 7.66. The van der Waals surface area contributed by atoms with Crippen molar-refractivity contribution >= 4 is 5.69 Å². The molecule has 0 aliphatic rings. The first-order valence-corrected chi connectivity index (χ1v) is 6.75. The molecule has 1 atom stereocenters. The molecule has 20 heavy (non-hydrogen) atoms. The molecule has 0 bridgehead atoms. The van der Waals surface area contributed by atoms with Crippen molar-refractivity contribution in [2.24, 2.45) is 0 Å². The molecule has 0 radical (unpaired) electrons. The van der Waals surface area contributed by atoms with E-state index in [2.05, 4.69) is 11.4 Å². The van der Waals surface area contributed by atoms with Gasteiger partial charge in [0.2, 0.25) is 0 Å². The standard InChI is InChI=1S/C15H22N2O3/c1-3-19-6-7-20-11-14(18)10-17-15-8-13(9-16)5-4-12(15)2/h4-5,8,14,17-18H,3,6-7,10-11H2,1-2H3. The number of benzene rings is 1. The van der Waals surface area contributed by atoms with E-state index >= 15 is 0 Å². The number of hydrogen-bond donors (Lipinski definition) is 2. The molecule has 0 spiro atoms. The van der Waals surface area contributed by atoms with Crippen molar-refractivity contribution in [2.75, 3.05) is 38.3 Å². The van der Waals surface area contributed by atoms with Crippen molar-refractivity contribution in [3.05, 3.63) is 29.3 Å². The van der Waals surface area contributed by atoms with Crippen molar-refractivity contribution in [3.63, 3.8) is 0 Å². The fourth-order valence-corrected chi connectivity index (χ4v) is 1.65. The van der Waals surface area contributed by atoms with Crippen LogP contribution in [0, 0.1) is 18.3 Å². The summed E-state index contributed by atoms with van der Waals surface area (Å²) in [6, 6.07) is 7.52. The van der Waals surface area contributed by atoms with Crippen LogP contribution < -0.4 is 5.32 Å². The van der Waals surface area contributed by atoms with Crippen LogP contribution in [-0.2, 0) is 9.47 Å². The molecule has 1 rings (SSSR count). The van der Waals surface area contributed by atoms with Crippen LogP contribution in [0.5, 0.6) is 0 Å². The normalized spacial score (nSPS) is 11.9. The number of aliphatic hydroxyl groups is 1. The van der Waals surface area contributed by atoms with Crippen molar-refractivity contribution in [1.29, 1.82) is 5.26 Å². The summed E-state index contributed by atoms with van der Waals surface area (Å²) in [5, 5.41) is 21.8. The molecule has 0 saturated carbocycles. The number of nitrogens with one attached hydrogen (secondary N) is 1. The minimum Gasteiger partial charge on any atom is -0.389 e. The summed E-state index contributed by atoms with van der Waals surface area (Å²) in [7, 11) is 0. The summed E-state index contributed by atoms with van der Waals surface area (Å²) in [6.07, 6.45) is -0.596. The predicted octanol–water partition coefficient (Wildman–Crippen LogP) is 1.69. The van der Waals surface area contributed by atoms with E-state index in [-0.39, 0.29) is 6.61 Å². The van der Waals surface area contributed by atoms with Gasteiger partial charge in [0.1, 0.15) is 0 Å². The Bertz CT molecular complexity index is 443. The second kappa shape index (κ2) is 9.32. The topological polar surface area (TPSA) is 74.5 Å². The van der Waals surface area contributed by atoms with Gasteiger partial charge >= 0.3 is 0 Å². The van der Waals surface area contributed by atoms with Crippen LogP contribution in [-0.4, -0.2) is 44.2 Å². The molecule has 1 aromatic carbocycles. The third kappa shape index (κ3) is 6.02. The number of nitriles is 1. The first-order valence-electron chi connectivity index (χ1n) is 6.75. The van der Waals surface area contributed by atoms with E-state index in [4.69, 9.17) is 14.7 Å². The minimum atomic E-state index is -0.596. The third-order valence-corrected chi connectivity index (χ3v) is 2.78. The van der Waals surface area contributed by atoms with E-state index in [9.17, 15) is 5.11 Å². The highest BCUT2D eigenvalue weighted by Gasteiger charge is 2.06. The number of hydrogen-bond acceptors (Lipinski definition) is 5. The van der Waals surface area contributed by atoms with E-state index in [1.807, 2.05) is 19.9 Å². The Hall–Kier alpha value is -1.61. The smallest absolute Gasteiger partial charge is 0.0992 e. The van der Waals surface area contributed by atoms with Gasteiger partial charge < -0.3 is 19.9 Å². The zero-order valence-corrected chi connectivity index (χ0v) is 12.1. The van der Waals surface area contributed by atoms with Gasteiger partial charge in [-0.25, -0.2) is 0 Å². The maximum atomic E-state index is 9.79. The lowest BCUT2D eigenvalue weighted by atomic mass is 10.1. The lowest BCUT2D eigenvalue weighted by Gasteiger charge is -2.15. The molecule has 1 aromatic rings. The molecule has 0 aromatic heterocycles. The summed E-state index contributed by atoms with van der Waals surface area (Å²) in [6.45, 7) is 6.21. The SMILES string of the molecule is CCOCCOCC(O)CNc1cc(C#N)ccc1C. The predicted molar refractivity (Wildman–Crippen MR) is 77.7 cm³/mol. The van der Waals surface area contributed by atoms with Crippen LogP contribution in [0.15, 0.2) is 18.2 Å². The van der Waals surface area contributed by atoms with E-state index < -0.39 is 6.10 Å². The van der Waals surface area contributed by atoms with Gasteiger partial charge in [0.15, 0.2) is 0 Å². The molecule has 0 fully saturated rings. The zero-order chi connectivity index (χ0) is 14.8. The molecule has 0 aliphatic carbocycles. The Labute approximate surface area is 120 Å². The Morgan fingerprint density at radius 1 is 1.35 bits per heavy atom. The molecular weight excluding hydrogens is 256 g/mol. The van der Waals surface area contributed by atoms with E-state index in [1.165, 1.54) is 0 Å². The molecule has 0 amide bonds. The first kappa shape index (κ1) is 16.4. The molecule has 5 nitrogen and oxygen atoms in total. The second-order valence-electron chi connectivity index (χ2n) is 4.45. The van der Waals surface area contributed by atoms with Crippen LogP contribution in [0.4, 0.5) is 5.69 Å². The summed E-state index contributed by atoms with van der Waals surface area (Å²) < 4.78 is 10.4. The van der Waals surface area contributed by atoms with Gasteiger partial charge in [0, 0.05) is 18.8 Å². The fraction of sp³-hybridized carbons (Fsp3) is 0.533. The first-order chi connectivity index (χ1) is 9.67. The average molecular weight is 278 g/mol. The Morgan fingerprint density at radius 2 is 2.10 bits per heavy atom. The minimum absolute atomic E-state index is 0.261. The number of nitrogens with zero attached hydrogens (tertiary/aromatic N) is 1. The van der Waals surface area contributed by atoms with Crippen molar-refractivity contribution < 1.29 is 14.6 Å². The lowest BCUT2D eigenvalue weighted by Crippen LogP contribution is -2.26. The molecule has 2 N–H and O–H groups in total. The average Bonchev–Trinajstić information content (AvgIpc) is 2.46. The fourth-order valence-electron chi connectivity index (χ4n) is 1.65. The number of ether oxygens (including phenoxy) is 2. The van der Waals surface area contributed by atoms with Gasteiger partial charge in [-0.15, -0.1) is 0 Å². The summed E-state index contributed by atoms with van der Waals surface area (Å²) >= 11 is 0. The van der Waals surface area contributed by atoms with Gasteiger partial charge in [0.25, 0.3) is 0 Å². The number of rotatable bonds is 9. The highest BCUT2D eigenvalue weighted by molar-refractivity contribution is 5.55. The van der Waals surface area contributed by atoms with Crippen LogP contribution >= 0.6 is 0 Å². The van der Waals surface area contributed by atoms with Crippen molar-refractivity contribution in [3.8, 4) is 6.07 Å². The largest absolute Gasteiger partial charge is 0.389 e. The molecule has 110 valence electrons. The highest BCUT2D eigenvalue weighted by Crippen LogP contribution is 2.16. The van der Waals surface area contributed by atoms with Crippen LogP contribution in [0.25, 0.3) is 0 Å². The maximum absolute atomic E-state index is 9.79.